The predicted molar refractivity (Wildman–Crippen MR) is 77.9 cm³/mol. The fourth-order valence-corrected chi connectivity index (χ4v) is 1.92. The Hall–Kier alpha value is -2.95. The van der Waals surface area contributed by atoms with Crippen LogP contribution in [-0.4, -0.2) is 10.9 Å². The van der Waals surface area contributed by atoms with E-state index < -0.39 is 0 Å². The number of hydrogen-bond donors (Lipinski definition) is 1. The molecule has 0 radical (unpaired) electrons. The van der Waals surface area contributed by atoms with Crippen molar-refractivity contribution in [3.05, 3.63) is 72.0 Å². The molecule has 0 aliphatic carbocycles. The predicted octanol–water partition coefficient (Wildman–Crippen LogP) is 2.00. The lowest BCUT2D eigenvalue weighted by atomic mass is 10.2. The van der Waals surface area contributed by atoms with Crippen LogP contribution < -0.4 is 11.0 Å². The summed E-state index contributed by atoms with van der Waals surface area (Å²) >= 11 is 0. The van der Waals surface area contributed by atoms with Crippen LogP contribution in [0.15, 0.2) is 70.4 Å². The summed E-state index contributed by atoms with van der Waals surface area (Å²) in [7, 11) is 0. The lowest BCUT2D eigenvalue weighted by Crippen LogP contribution is -2.22. The molecule has 0 unspecified atom stereocenters. The van der Waals surface area contributed by atoms with Gasteiger partial charge in [-0.15, -0.1) is 5.10 Å². The maximum Gasteiger partial charge on any atom is 0.244 e. The number of para-hydroxylation sites is 1. The van der Waals surface area contributed by atoms with Crippen LogP contribution in [0.5, 0.6) is 0 Å². The van der Waals surface area contributed by atoms with Crippen molar-refractivity contribution < 1.29 is 9.21 Å². The molecule has 0 saturated carbocycles. The smallest absolute Gasteiger partial charge is 0.244 e. The summed E-state index contributed by atoms with van der Waals surface area (Å²) in [5, 5.41) is 4.96. The molecule has 2 aromatic heterocycles. The van der Waals surface area contributed by atoms with Gasteiger partial charge in [0, 0.05) is 23.8 Å². The first-order chi connectivity index (χ1) is 10.3. The summed E-state index contributed by atoms with van der Waals surface area (Å²) in [6.45, 7) is 0. The number of aromatic nitrogens is 1. The van der Waals surface area contributed by atoms with Crippen molar-refractivity contribution in [2.75, 3.05) is 0 Å². The molecular formula is C16H13N3O2. The average molecular weight is 279 g/mol. The second-order valence-electron chi connectivity index (χ2n) is 4.49. The first-order valence-electron chi connectivity index (χ1n) is 6.52. The van der Waals surface area contributed by atoms with Crippen LogP contribution in [0.25, 0.3) is 11.0 Å². The van der Waals surface area contributed by atoms with Crippen molar-refractivity contribution in [2.45, 2.75) is 6.42 Å². The first kappa shape index (κ1) is 13.1. The Morgan fingerprint density at radius 1 is 1.10 bits per heavy atom. The lowest BCUT2D eigenvalue weighted by molar-refractivity contribution is -0.120. The van der Waals surface area contributed by atoms with Gasteiger partial charge in [-0.05, 0) is 29.8 Å². The maximum atomic E-state index is 11.8. The number of carbonyl (C=O) groups excluding carboxylic acids is 1. The Kier molecular flexibility index (Phi) is 3.73. The van der Waals surface area contributed by atoms with E-state index in [4.69, 9.17) is 4.42 Å². The average Bonchev–Trinajstić information content (AvgIpc) is 2.54. The first-order valence-corrected chi connectivity index (χ1v) is 6.52. The Balaban J connectivity index is 1.73. The number of pyridine rings is 1. The van der Waals surface area contributed by atoms with E-state index in [1.165, 1.54) is 0 Å². The summed E-state index contributed by atoms with van der Waals surface area (Å²) in [6, 6.07) is 14.8. The van der Waals surface area contributed by atoms with Gasteiger partial charge in [-0.1, -0.05) is 18.2 Å². The minimum atomic E-state index is -0.204. The molecule has 5 nitrogen and oxygen atoms in total. The maximum absolute atomic E-state index is 11.8. The molecule has 0 aliphatic rings. The monoisotopic (exact) mass is 279 g/mol. The van der Waals surface area contributed by atoms with E-state index in [1.54, 1.807) is 30.6 Å². The molecule has 0 atom stereocenters. The number of fused-ring (bicyclic) bond motifs is 1. The van der Waals surface area contributed by atoms with E-state index in [0.717, 1.165) is 16.5 Å². The quantitative estimate of drug-likeness (QED) is 0.746. The molecule has 0 bridgehead atoms. The second-order valence-corrected chi connectivity index (χ2v) is 4.49. The van der Waals surface area contributed by atoms with Gasteiger partial charge in [0.25, 0.3) is 0 Å². The van der Waals surface area contributed by atoms with E-state index in [1.807, 2.05) is 30.3 Å². The SMILES string of the molecule is O=C(Cc1ccncc1)N/N=c1\ccc2ccccc2o1. The molecular weight excluding hydrogens is 266 g/mol. The molecule has 0 aliphatic heterocycles. The Morgan fingerprint density at radius 2 is 1.90 bits per heavy atom. The number of rotatable bonds is 3. The van der Waals surface area contributed by atoms with Gasteiger partial charge < -0.3 is 4.42 Å². The third-order valence-corrected chi connectivity index (χ3v) is 2.94. The third-order valence-electron chi connectivity index (χ3n) is 2.94. The fraction of sp³-hybridized carbons (Fsp3) is 0.0625. The summed E-state index contributed by atoms with van der Waals surface area (Å²) in [5.74, 6) is -0.204. The van der Waals surface area contributed by atoms with Gasteiger partial charge in [0.15, 0.2) is 0 Å². The van der Waals surface area contributed by atoms with Crippen LogP contribution >= 0.6 is 0 Å². The highest BCUT2D eigenvalue weighted by atomic mass is 16.3. The molecule has 3 rings (SSSR count). The number of carbonyl (C=O) groups is 1. The summed E-state index contributed by atoms with van der Waals surface area (Å²) in [6.07, 6.45) is 3.55. The van der Waals surface area contributed by atoms with E-state index >= 15 is 0 Å². The number of amides is 1. The number of benzene rings is 1. The van der Waals surface area contributed by atoms with Crippen molar-refractivity contribution in [1.29, 1.82) is 0 Å². The van der Waals surface area contributed by atoms with E-state index in [9.17, 15) is 4.79 Å². The largest absolute Gasteiger partial charge is 0.437 e. The van der Waals surface area contributed by atoms with Crippen molar-refractivity contribution in [3.63, 3.8) is 0 Å². The molecule has 1 N–H and O–H groups in total. The van der Waals surface area contributed by atoms with Crippen molar-refractivity contribution in [1.82, 2.24) is 10.4 Å². The van der Waals surface area contributed by atoms with Crippen molar-refractivity contribution in [3.8, 4) is 0 Å². The molecule has 104 valence electrons. The fourth-order valence-electron chi connectivity index (χ4n) is 1.92. The van der Waals surface area contributed by atoms with Gasteiger partial charge in [-0.3, -0.25) is 9.78 Å². The molecule has 5 heteroatoms. The van der Waals surface area contributed by atoms with E-state index in [2.05, 4.69) is 15.5 Å². The molecule has 21 heavy (non-hydrogen) atoms. The molecule has 3 aromatic rings. The van der Waals surface area contributed by atoms with Gasteiger partial charge in [0.05, 0.1) is 6.42 Å². The van der Waals surface area contributed by atoms with E-state index in [0.29, 0.717) is 5.55 Å². The van der Waals surface area contributed by atoms with Crippen LogP contribution in [0.4, 0.5) is 0 Å². The van der Waals surface area contributed by atoms with E-state index in [-0.39, 0.29) is 12.3 Å². The topological polar surface area (TPSA) is 67.5 Å². The third kappa shape index (κ3) is 3.33. The van der Waals surface area contributed by atoms with Gasteiger partial charge in [0.1, 0.15) is 5.58 Å². The number of nitrogens with zero attached hydrogens (tertiary/aromatic N) is 2. The van der Waals surface area contributed by atoms with Crippen LogP contribution in [0.1, 0.15) is 5.56 Å². The second kappa shape index (κ2) is 6.00. The standard InChI is InChI=1S/C16H13N3O2/c20-15(11-12-7-9-17-10-8-12)18-19-16-6-5-13-3-1-2-4-14(13)21-16/h1-10H,11H2,(H,18,20)/b19-16+. The molecule has 2 heterocycles. The van der Waals surface area contributed by atoms with Gasteiger partial charge in [-0.25, -0.2) is 5.43 Å². The lowest BCUT2D eigenvalue weighted by Gasteiger charge is -1.99. The number of nitrogens with one attached hydrogen (secondary N) is 1. The zero-order chi connectivity index (χ0) is 14.5. The highest BCUT2D eigenvalue weighted by Gasteiger charge is 2.01. The Labute approximate surface area is 121 Å². The van der Waals surface area contributed by atoms with Gasteiger partial charge >= 0.3 is 0 Å². The highest BCUT2D eigenvalue weighted by molar-refractivity contribution is 5.78. The zero-order valence-corrected chi connectivity index (χ0v) is 11.2. The minimum absolute atomic E-state index is 0.204. The molecule has 1 amide bonds. The molecule has 0 saturated heterocycles. The zero-order valence-electron chi connectivity index (χ0n) is 11.2. The van der Waals surface area contributed by atoms with Crippen LogP contribution in [-0.2, 0) is 11.2 Å². The normalized spacial score (nSPS) is 11.5. The molecule has 0 spiro atoms. The van der Waals surface area contributed by atoms with Crippen LogP contribution in [0.2, 0.25) is 0 Å². The van der Waals surface area contributed by atoms with Gasteiger partial charge in [-0.2, -0.15) is 0 Å². The summed E-state index contributed by atoms with van der Waals surface area (Å²) < 4.78 is 5.57. The van der Waals surface area contributed by atoms with Crippen molar-refractivity contribution >= 4 is 16.9 Å². The summed E-state index contributed by atoms with van der Waals surface area (Å²) in [4.78, 5) is 15.7. The Bertz CT molecular complexity index is 825. The molecule has 0 fully saturated rings. The van der Waals surface area contributed by atoms with Crippen LogP contribution in [0, 0.1) is 0 Å². The number of hydrogen-bond acceptors (Lipinski definition) is 4. The van der Waals surface area contributed by atoms with Crippen LogP contribution in [0.3, 0.4) is 0 Å². The van der Waals surface area contributed by atoms with Crippen molar-refractivity contribution in [2.24, 2.45) is 5.10 Å². The summed E-state index contributed by atoms with van der Waals surface area (Å²) in [5.41, 5.74) is 4.45. The Morgan fingerprint density at radius 3 is 2.76 bits per heavy atom. The van der Waals surface area contributed by atoms with Gasteiger partial charge in [0.2, 0.25) is 11.5 Å². The molecule has 1 aromatic carbocycles. The highest BCUT2D eigenvalue weighted by Crippen LogP contribution is 2.09. The minimum Gasteiger partial charge on any atom is -0.437 e.